The van der Waals surface area contributed by atoms with Gasteiger partial charge in [0.2, 0.25) is 5.91 Å². The first-order chi connectivity index (χ1) is 6.74. The van der Waals surface area contributed by atoms with Crippen molar-refractivity contribution >= 4 is 11.7 Å². The highest BCUT2D eigenvalue weighted by Crippen LogP contribution is 2.23. The third-order valence-corrected chi connectivity index (χ3v) is 2.09. The predicted molar refractivity (Wildman–Crippen MR) is 47.4 cm³/mol. The van der Waals surface area contributed by atoms with Crippen molar-refractivity contribution < 1.29 is 9.59 Å². The molecule has 2 aliphatic rings. The Morgan fingerprint density at radius 1 is 1.36 bits per heavy atom. The minimum Gasteiger partial charge on any atom is -0.293 e. The molecule has 4 heteroatoms. The average molecular weight is 186 g/mol. The highest BCUT2D eigenvalue weighted by molar-refractivity contribution is 6.13. The van der Waals surface area contributed by atoms with Gasteiger partial charge in [-0.25, -0.2) is 0 Å². The quantitative estimate of drug-likeness (QED) is 0.522. The zero-order chi connectivity index (χ0) is 10.1. The normalized spacial score (nSPS) is 19.8. The lowest BCUT2D eigenvalue weighted by Crippen LogP contribution is -2.34. The van der Waals surface area contributed by atoms with E-state index in [1.807, 2.05) is 6.07 Å². The van der Waals surface area contributed by atoms with Crippen LogP contribution in [-0.2, 0) is 9.59 Å². The Morgan fingerprint density at radius 3 is 2.86 bits per heavy atom. The fourth-order valence-electron chi connectivity index (χ4n) is 1.44. The van der Waals surface area contributed by atoms with Gasteiger partial charge >= 0.3 is 0 Å². The summed E-state index contributed by atoms with van der Waals surface area (Å²) in [5.74, 6) is -0.687. The van der Waals surface area contributed by atoms with Crippen LogP contribution in [0.2, 0.25) is 0 Å². The minimum atomic E-state index is -0.399. The van der Waals surface area contributed by atoms with Gasteiger partial charge in [0.25, 0.3) is 0 Å². The second-order valence-corrected chi connectivity index (χ2v) is 2.94. The molecule has 0 saturated heterocycles. The van der Waals surface area contributed by atoms with Gasteiger partial charge in [0, 0.05) is 6.20 Å². The lowest BCUT2D eigenvalue weighted by molar-refractivity contribution is -0.132. The monoisotopic (exact) mass is 186 g/mol. The van der Waals surface area contributed by atoms with Crippen LogP contribution in [0.5, 0.6) is 0 Å². The summed E-state index contributed by atoms with van der Waals surface area (Å²) in [6.07, 6.45) is 6.31. The van der Waals surface area contributed by atoms with Gasteiger partial charge in [-0.1, -0.05) is 6.08 Å². The van der Waals surface area contributed by atoms with Crippen LogP contribution in [0, 0.1) is 11.3 Å². The maximum Gasteiger partial charge on any atom is 0.238 e. The Kier molecular flexibility index (Phi) is 1.79. The first kappa shape index (κ1) is 8.45. The topological polar surface area (TPSA) is 61.2 Å². The van der Waals surface area contributed by atoms with E-state index in [-0.39, 0.29) is 17.9 Å². The number of Topliss-reactive ketones (excluding diaryl/α,β-unsaturated/α-hetero) is 1. The summed E-state index contributed by atoms with van der Waals surface area (Å²) in [5, 5.41) is 8.76. The molecule has 2 rings (SSSR count). The minimum absolute atomic E-state index is 0.0604. The Bertz CT molecular complexity index is 449. The third kappa shape index (κ3) is 1.07. The van der Waals surface area contributed by atoms with Crippen LogP contribution in [0.1, 0.15) is 6.42 Å². The van der Waals surface area contributed by atoms with E-state index in [0.29, 0.717) is 5.70 Å². The maximum atomic E-state index is 11.4. The van der Waals surface area contributed by atoms with Gasteiger partial charge in [-0.2, -0.15) is 5.26 Å². The Balaban J connectivity index is 2.60. The van der Waals surface area contributed by atoms with Crippen molar-refractivity contribution in [3.05, 3.63) is 35.7 Å². The number of hydrogen-bond donors (Lipinski definition) is 0. The largest absolute Gasteiger partial charge is 0.293 e. The molecule has 4 nitrogen and oxygen atoms in total. The zero-order valence-electron chi connectivity index (χ0n) is 7.23. The summed E-state index contributed by atoms with van der Waals surface area (Å²) in [6, 6.07) is 1.82. The lowest BCUT2D eigenvalue weighted by atomic mass is 10.00. The van der Waals surface area contributed by atoms with E-state index in [0.717, 1.165) is 0 Å². The molecule has 2 aliphatic heterocycles. The lowest BCUT2D eigenvalue weighted by Gasteiger charge is -2.25. The number of nitrogens with zero attached hydrogens (tertiary/aromatic N) is 2. The second-order valence-electron chi connectivity index (χ2n) is 2.94. The van der Waals surface area contributed by atoms with Crippen molar-refractivity contribution in [1.82, 2.24) is 4.90 Å². The van der Waals surface area contributed by atoms with E-state index >= 15 is 0 Å². The van der Waals surface area contributed by atoms with Gasteiger partial charge < -0.3 is 0 Å². The third-order valence-electron chi connectivity index (χ3n) is 2.09. The molecule has 0 N–H and O–H groups in total. The number of allylic oxidation sites excluding steroid dienone is 4. The van der Waals surface area contributed by atoms with Crippen LogP contribution < -0.4 is 0 Å². The molecular formula is C10H6N2O2. The summed E-state index contributed by atoms with van der Waals surface area (Å²) in [4.78, 5) is 24.0. The molecule has 0 radical (unpaired) electrons. The molecule has 0 bridgehead atoms. The summed E-state index contributed by atoms with van der Waals surface area (Å²) in [7, 11) is 0. The van der Waals surface area contributed by atoms with E-state index in [2.05, 4.69) is 0 Å². The van der Waals surface area contributed by atoms with Gasteiger partial charge in [0.1, 0.15) is 11.6 Å². The van der Waals surface area contributed by atoms with E-state index < -0.39 is 5.78 Å². The average Bonchev–Trinajstić information content (AvgIpc) is 2.18. The molecule has 0 fully saturated rings. The molecule has 0 unspecified atom stereocenters. The molecule has 0 atom stereocenters. The van der Waals surface area contributed by atoms with Crippen LogP contribution in [0.3, 0.4) is 0 Å². The van der Waals surface area contributed by atoms with Crippen LogP contribution in [0.15, 0.2) is 35.7 Å². The molecule has 0 spiro atoms. The van der Waals surface area contributed by atoms with Gasteiger partial charge in [-0.3, -0.25) is 14.5 Å². The summed E-state index contributed by atoms with van der Waals surface area (Å²) < 4.78 is 0. The molecule has 0 aromatic heterocycles. The first-order valence-electron chi connectivity index (χ1n) is 4.08. The Morgan fingerprint density at radius 2 is 2.14 bits per heavy atom. The number of amides is 1. The van der Waals surface area contributed by atoms with Crippen molar-refractivity contribution in [2.24, 2.45) is 0 Å². The highest BCUT2D eigenvalue weighted by atomic mass is 16.2. The highest BCUT2D eigenvalue weighted by Gasteiger charge is 2.30. The van der Waals surface area contributed by atoms with Crippen molar-refractivity contribution in [1.29, 1.82) is 5.26 Å². The van der Waals surface area contributed by atoms with E-state index in [9.17, 15) is 9.59 Å². The second kappa shape index (κ2) is 2.96. The number of ketones is 1. The summed E-state index contributed by atoms with van der Waals surface area (Å²) in [5.41, 5.74) is 0.446. The molecule has 14 heavy (non-hydrogen) atoms. The SMILES string of the molecule is N#CC1=C2C=CC=CN2C(=O)CC1=O. The van der Waals surface area contributed by atoms with E-state index in [4.69, 9.17) is 5.26 Å². The molecular weight excluding hydrogens is 180 g/mol. The molecule has 0 aromatic rings. The predicted octanol–water partition coefficient (Wildman–Crippen LogP) is 0.649. The number of carbonyl (C=O) groups is 2. The van der Waals surface area contributed by atoms with Crippen LogP contribution in [-0.4, -0.2) is 16.6 Å². The molecule has 2 heterocycles. The number of nitriles is 1. The molecule has 1 amide bonds. The Labute approximate surface area is 80.4 Å². The number of carbonyl (C=O) groups excluding carboxylic acids is 2. The smallest absolute Gasteiger partial charge is 0.238 e. The van der Waals surface area contributed by atoms with Gasteiger partial charge in [-0.05, 0) is 12.2 Å². The van der Waals surface area contributed by atoms with Gasteiger partial charge in [0.15, 0.2) is 5.78 Å². The van der Waals surface area contributed by atoms with Gasteiger partial charge in [0.05, 0.1) is 12.1 Å². The number of rotatable bonds is 0. The van der Waals surface area contributed by atoms with E-state index in [1.165, 1.54) is 4.90 Å². The van der Waals surface area contributed by atoms with Crippen molar-refractivity contribution in [3.8, 4) is 6.07 Å². The fourth-order valence-corrected chi connectivity index (χ4v) is 1.44. The van der Waals surface area contributed by atoms with Crippen molar-refractivity contribution in [2.75, 3.05) is 0 Å². The van der Waals surface area contributed by atoms with Crippen molar-refractivity contribution in [3.63, 3.8) is 0 Å². The first-order valence-corrected chi connectivity index (χ1v) is 4.08. The number of fused-ring (bicyclic) bond motifs is 1. The van der Waals surface area contributed by atoms with Crippen LogP contribution in [0.4, 0.5) is 0 Å². The summed E-state index contributed by atoms with van der Waals surface area (Å²) in [6.45, 7) is 0. The van der Waals surface area contributed by atoms with Crippen LogP contribution in [0.25, 0.3) is 0 Å². The number of hydrogen-bond acceptors (Lipinski definition) is 3. The van der Waals surface area contributed by atoms with Crippen LogP contribution >= 0.6 is 0 Å². The molecule has 0 aromatic carbocycles. The molecule has 0 aliphatic carbocycles. The zero-order valence-corrected chi connectivity index (χ0v) is 7.23. The van der Waals surface area contributed by atoms with Gasteiger partial charge in [-0.15, -0.1) is 0 Å². The maximum absolute atomic E-state index is 11.4. The van der Waals surface area contributed by atoms with E-state index in [1.54, 1.807) is 24.4 Å². The molecule has 68 valence electrons. The van der Waals surface area contributed by atoms with Crippen molar-refractivity contribution in [2.45, 2.75) is 6.42 Å². The summed E-state index contributed by atoms with van der Waals surface area (Å²) >= 11 is 0. The fraction of sp³-hybridized carbons (Fsp3) is 0.100. The Hall–Kier alpha value is -2.15. The molecule has 0 saturated carbocycles. The standard InChI is InChI=1S/C10H6N2O2/c11-6-7-8-3-1-2-4-12(8)10(14)5-9(7)13/h1-4H,5H2.